The highest BCUT2D eigenvalue weighted by molar-refractivity contribution is 7.09. The van der Waals surface area contributed by atoms with E-state index in [1.54, 1.807) is 0 Å². The monoisotopic (exact) mass is 341 g/mol. The number of amides is 1. The molecule has 0 bridgehead atoms. The Bertz CT molecular complexity index is 644. The molecule has 2 rings (SSSR count). The second kappa shape index (κ2) is 6.48. The normalized spacial score (nSPS) is 20.0. The first-order valence-corrected chi connectivity index (χ1v) is 8.85. The van der Waals surface area contributed by atoms with Gasteiger partial charge < -0.3 is 9.30 Å². The summed E-state index contributed by atoms with van der Waals surface area (Å²) in [5.74, 6) is -0.0753. The highest BCUT2D eigenvalue weighted by atomic mass is 32.1. The minimum atomic E-state index is -0.478. The molecule has 0 unspecified atom stereocenters. The van der Waals surface area contributed by atoms with Crippen molar-refractivity contribution >= 4 is 17.2 Å². The van der Waals surface area contributed by atoms with E-state index in [-0.39, 0.29) is 29.3 Å². The van der Waals surface area contributed by atoms with Crippen LogP contribution in [0, 0.1) is 30.6 Å². The second-order valence-corrected chi connectivity index (χ2v) is 8.49. The summed E-state index contributed by atoms with van der Waals surface area (Å²) < 4.78 is 19.3. The minimum Gasteiger partial charge on any atom is -0.377 e. The molecule has 0 atom stereocenters. The molecule has 1 aliphatic carbocycles. The zero-order valence-electron chi connectivity index (χ0n) is 14.9. The number of hydrogen-bond donors (Lipinski definition) is 0. The van der Waals surface area contributed by atoms with Crippen LogP contribution in [0.15, 0.2) is 4.99 Å². The molecule has 4 nitrogen and oxygen atoms in total. The summed E-state index contributed by atoms with van der Waals surface area (Å²) in [6.45, 7) is 13.1. The molecule has 0 aliphatic heterocycles. The number of ether oxygens (including phenoxy) is 1. The van der Waals surface area contributed by atoms with Crippen molar-refractivity contribution in [2.45, 2.75) is 48.1 Å². The van der Waals surface area contributed by atoms with Crippen molar-refractivity contribution in [2.75, 3.05) is 19.9 Å². The van der Waals surface area contributed by atoms with Gasteiger partial charge in [-0.15, -0.1) is 11.3 Å². The summed E-state index contributed by atoms with van der Waals surface area (Å²) in [6.07, 6.45) is 0. The quantitative estimate of drug-likeness (QED) is 0.746. The number of rotatable bonds is 6. The van der Waals surface area contributed by atoms with Crippen LogP contribution in [0.2, 0.25) is 0 Å². The Morgan fingerprint density at radius 2 is 1.87 bits per heavy atom. The maximum Gasteiger partial charge on any atom is 0.252 e. The van der Waals surface area contributed by atoms with Gasteiger partial charge in [0.15, 0.2) is 4.80 Å². The van der Waals surface area contributed by atoms with E-state index in [2.05, 4.69) is 32.7 Å². The third-order valence-corrected chi connectivity index (χ3v) is 6.64. The van der Waals surface area contributed by atoms with Crippen LogP contribution in [-0.2, 0) is 16.1 Å². The highest BCUT2D eigenvalue weighted by Crippen LogP contribution is 2.68. The average Bonchev–Trinajstić information content (AvgIpc) is 2.71. The van der Waals surface area contributed by atoms with Crippen LogP contribution in [0.1, 0.15) is 38.3 Å². The molecule has 1 aromatic heterocycles. The fourth-order valence-electron chi connectivity index (χ4n) is 3.23. The Kier molecular flexibility index (Phi) is 5.16. The molecule has 1 amide bonds. The molecule has 1 saturated carbocycles. The van der Waals surface area contributed by atoms with Crippen molar-refractivity contribution < 1.29 is 13.9 Å². The molecule has 130 valence electrons. The topological polar surface area (TPSA) is 43.6 Å². The second-order valence-electron chi connectivity index (χ2n) is 7.31. The van der Waals surface area contributed by atoms with E-state index in [0.29, 0.717) is 18.0 Å². The first-order chi connectivity index (χ1) is 10.6. The van der Waals surface area contributed by atoms with Crippen LogP contribution in [0.3, 0.4) is 0 Å². The summed E-state index contributed by atoms with van der Waals surface area (Å²) in [4.78, 5) is 18.9. The van der Waals surface area contributed by atoms with Gasteiger partial charge in [0.1, 0.15) is 6.67 Å². The number of alkyl halides is 1. The van der Waals surface area contributed by atoms with E-state index < -0.39 is 6.67 Å². The molecule has 1 aromatic rings. The van der Waals surface area contributed by atoms with Gasteiger partial charge in [0.05, 0.1) is 19.1 Å². The number of aryl methyl sites for hydroxylation is 1. The number of carbonyl (C=O) groups is 1. The highest BCUT2D eigenvalue weighted by Gasteiger charge is 2.68. The average molecular weight is 341 g/mol. The van der Waals surface area contributed by atoms with Gasteiger partial charge in [-0.3, -0.25) is 4.79 Å². The molecule has 0 N–H and O–H groups in total. The molecule has 23 heavy (non-hydrogen) atoms. The number of nitrogens with zero attached hydrogens (tertiary/aromatic N) is 2. The zero-order chi connectivity index (χ0) is 17.4. The third-order valence-electron chi connectivity index (χ3n) is 5.54. The smallest absolute Gasteiger partial charge is 0.252 e. The third kappa shape index (κ3) is 3.29. The lowest BCUT2D eigenvalue weighted by molar-refractivity contribution is -0.120. The van der Waals surface area contributed by atoms with Crippen LogP contribution in [0.25, 0.3) is 0 Å². The number of thiazole rings is 1. The van der Waals surface area contributed by atoms with Crippen LogP contribution >= 0.6 is 11.3 Å². The molecule has 1 aliphatic rings. The maximum absolute atomic E-state index is 12.6. The van der Waals surface area contributed by atoms with E-state index in [4.69, 9.17) is 4.74 Å². The van der Waals surface area contributed by atoms with Crippen LogP contribution in [-0.4, -0.2) is 30.4 Å². The first-order valence-electron chi connectivity index (χ1n) is 8.03. The van der Waals surface area contributed by atoms with Crippen molar-refractivity contribution in [3.05, 3.63) is 15.4 Å². The lowest BCUT2D eigenvalue weighted by Crippen LogP contribution is -2.22. The first kappa shape index (κ1) is 18.3. The fourth-order valence-corrected chi connectivity index (χ4v) is 4.24. The molecule has 1 heterocycles. The van der Waals surface area contributed by atoms with Crippen molar-refractivity contribution in [1.29, 1.82) is 0 Å². The Morgan fingerprint density at radius 3 is 2.39 bits per heavy atom. The van der Waals surface area contributed by atoms with Gasteiger partial charge in [0, 0.05) is 17.1 Å². The Balaban J connectivity index is 2.22. The van der Waals surface area contributed by atoms with Gasteiger partial charge in [-0.2, -0.15) is 4.99 Å². The molecule has 0 spiro atoms. The van der Waals surface area contributed by atoms with Crippen LogP contribution in [0.5, 0.6) is 0 Å². The molecule has 6 heteroatoms. The van der Waals surface area contributed by atoms with E-state index in [0.717, 1.165) is 10.6 Å². The fraction of sp³-hybridized carbons (Fsp3) is 0.765. The maximum atomic E-state index is 12.6. The van der Waals surface area contributed by atoms with Gasteiger partial charge in [-0.1, -0.05) is 27.7 Å². The zero-order valence-corrected chi connectivity index (χ0v) is 15.7. The summed E-state index contributed by atoms with van der Waals surface area (Å²) in [6, 6.07) is 0. The number of carbonyl (C=O) groups excluding carboxylic acids is 1. The Hall–Kier alpha value is -1.01. The summed E-state index contributed by atoms with van der Waals surface area (Å²) in [5.41, 5.74) is 1.06. The summed E-state index contributed by atoms with van der Waals surface area (Å²) in [7, 11) is 0. The van der Waals surface area contributed by atoms with Crippen molar-refractivity contribution in [3.8, 4) is 0 Å². The lowest BCUT2D eigenvalue weighted by Gasteiger charge is -2.06. The molecular weight excluding hydrogens is 314 g/mol. The standard InChI is InChI=1S/C17H27FN2O2S/c1-11-12(2)23-15(20(11)8-10-22-9-7-18)19-14(21)13-16(3,4)17(13,5)6/h13H,7-10H2,1-6H3/b19-15-/i18-1. The Morgan fingerprint density at radius 1 is 1.26 bits per heavy atom. The molecule has 0 radical (unpaired) electrons. The van der Waals surface area contributed by atoms with Crippen molar-refractivity contribution in [3.63, 3.8) is 0 Å². The summed E-state index contributed by atoms with van der Waals surface area (Å²) in [5, 5.41) is 0. The molecule has 0 aromatic carbocycles. The van der Waals surface area contributed by atoms with E-state index >= 15 is 0 Å². The van der Waals surface area contributed by atoms with E-state index in [1.165, 1.54) is 11.3 Å². The number of aromatic nitrogens is 1. The van der Waals surface area contributed by atoms with Gasteiger partial charge in [0.2, 0.25) is 0 Å². The van der Waals surface area contributed by atoms with Gasteiger partial charge in [-0.25, -0.2) is 4.39 Å². The summed E-state index contributed by atoms with van der Waals surface area (Å²) >= 11 is 1.52. The number of hydrogen-bond acceptors (Lipinski definition) is 3. The van der Waals surface area contributed by atoms with Gasteiger partial charge >= 0.3 is 0 Å². The van der Waals surface area contributed by atoms with Crippen molar-refractivity contribution in [2.24, 2.45) is 21.7 Å². The van der Waals surface area contributed by atoms with Gasteiger partial charge in [0.25, 0.3) is 5.91 Å². The lowest BCUT2D eigenvalue weighted by atomic mass is 10.0. The van der Waals surface area contributed by atoms with Gasteiger partial charge in [-0.05, 0) is 24.7 Å². The number of halogens is 1. The van der Waals surface area contributed by atoms with Crippen LogP contribution < -0.4 is 4.80 Å². The molecular formula is C17H27FN2O2S. The van der Waals surface area contributed by atoms with Crippen molar-refractivity contribution in [1.82, 2.24) is 4.57 Å². The molecule has 0 saturated heterocycles. The Labute approximate surface area is 141 Å². The largest absolute Gasteiger partial charge is 0.377 e. The minimum absolute atomic E-state index is 0.00992. The predicted molar refractivity (Wildman–Crippen MR) is 90.2 cm³/mol. The van der Waals surface area contributed by atoms with E-state index in [1.807, 2.05) is 18.4 Å². The predicted octanol–water partition coefficient (Wildman–Crippen LogP) is 3.26. The molecule has 1 fully saturated rings. The van der Waals surface area contributed by atoms with Crippen LogP contribution in [0.4, 0.5) is 4.39 Å². The SMILES string of the molecule is Cc1s/c(=N\C(=O)C2C(C)(C)C2(C)C)n(CCOCC[18F])c1C. The van der Waals surface area contributed by atoms with E-state index in [9.17, 15) is 9.18 Å².